The highest BCUT2D eigenvalue weighted by molar-refractivity contribution is 5.94. The number of aromatic nitrogens is 3. The number of carbonyl (C=O) groups is 1. The van der Waals surface area contributed by atoms with Crippen LogP contribution in [-0.4, -0.2) is 31.7 Å². The molecule has 0 unspecified atom stereocenters. The van der Waals surface area contributed by atoms with Gasteiger partial charge in [-0.1, -0.05) is 0 Å². The summed E-state index contributed by atoms with van der Waals surface area (Å²) in [4.78, 5) is 28.8. The van der Waals surface area contributed by atoms with Gasteiger partial charge in [0.15, 0.2) is 11.5 Å². The average molecular weight is 454 g/mol. The maximum atomic E-state index is 15.7. The zero-order valence-electron chi connectivity index (χ0n) is 16.3. The van der Waals surface area contributed by atoms with Gasteiger partial charge < -0.3 is 19.1 Å². The van der Waals surface area contributed by atoms with E-state index in [4.69, 9.17) is 0 Å². The summed E-state index contributed by atoms with van der Waals surface area (Å²) >= 11 is 0. The number of fused-ring (bicyclic) bond motifs is 2. The molecular formula is C20H15F5N4O3. The molecule has 1 N–H and O–H groups in total. The smallest absolute Gasteiger partial charge is 0.434 e. The molecule has 0 saturated heterocycles. The number of hydrogen-bond acceptors (Lipinski definition) is 4. The first-order valence-corrected chi connectivity index (χ1v) is 9.74. The summed E-state index contributed by atoms with van der Waals surface area (Å²) in [6.07, 6.45) is -1.43. The van der Waals surface area contributed by atoms with Gasteiger partial charge in [0.25, 0.3) is 0 Å². The second kappa shape index (κ2) is 6.78. The van der Waals surface area contributed by atoms with Gasteiger partial charge in [-0.15, -0.1) is 0 Å². The van der Waals surface area contributed by atoms with Gasteiger partial charge in [-0.2, -0.15) is 13.2 Å². The summed E-state index contributed by atoms with van der Waals surface area (Å²) in [5, 5.41) is 8.91. The molecule has 0 atom stereocenters. The fourth-order valence-electron chi connectivity index (χ4n) is 4.09. The number of hydrogen-bond donors (Lipinski definition) is 1. The van der Waals surface area contributed by atoms with Crippen molar-refractivity contribution in [1.29, 1.82) is 0 Å². The number of carboxylic acid groups (broad SMARTS) is 1. The Balaban J connectivity index is 1.65. The average Bonchev–Trinajstić information content (AvgIpc) is 3.45. The minimum Gasteiger partial charge on any atom is -0.477 e. The number of anilines is 1. The first-order valence-electron chi connectivity index (χ1n) is 9.74. The molecule has 168 valence electrons. The van der Waals surface area contributed by atoms with Crippen molar-refractivity contribution in [2.75, 3.05) is 11.4 Å². The number of nitrogens with zero attached hydrogens (tertiary/aromatic N) is 4. The lowest BCUT2D eigenvalue weighted by molar-refractivity contribution is -0.141. The van der Waals surface area contributed by atoms with Crippen LogP contribution in [0.3, 0.4) is 0 Å². The van der Waals surface area contributed by atoms with E-state index in [0.29, 0.717) is 12.8 Å². The zero-order valence-corrected chi connectivity index (χ0v) is 16.3. The summed E-state index contributed by atoms with van der Waals surface area (Å²) in [5.74, 6) is -3.66. The summed E-state index contributed by atoms with van der Waals surface area (Å²) in [6.45, 7) is -0.222. The lowest BCUT2D eigenvalue weighted by Gasteiger charge is -2.30. The van der Waals surface area contributed by atoms with Gasteiger partial charge in [0.2, 0.25) is 5.43 Å². The van der Waals surface area contributed by atoms with E-state index in [-0.39, 0.29) is 37.0 Å². The van der Waals surface area contributed by atoms with Gasteiger partial charge in [-0.05, 0) is 18.9 Å². The number of aromatic carboxylic acids is 1. The van der Waals surface area contributed by atoms with Crippen LogP contribution in [0, 0.1) is 11.6 Å². The minimum absolute atomic E-state index is 0.00304. The van der Waals surface area contributed by atoms with E-state index in [1.54, 1.807) is 0 Å². The van der Waals surface area contributed by atoms with E-state index >= 15 is 8.78 Å². The lowest BCUT2D eigenvalue weighted by Crippen LogP contribution is -2.35. The molecule has 2 aliphatic rings. The van der Waals surface area contributed by atoms with Crippen molar-refractivity contribution in [3.05, 3.63) is 57.4 Å². The van der Waals surface area contributed by atoms with Crippen molar-refractivity contribution in [2.45, 2.75) is 38.1 Å². The Hall–Kier alpha value is -3.44. The number of alkyl halides is 3. The molecule has 32 heavy (non-hydrogen) atoms. The van der Waals surface area contributed by atoms with Crippen molar-refractivity contribution in [2.24, 2.45) is 0 Å². The van der Waals surface area contributed by atoms with Crippen molar-refractivity contribution in [3.8, 4) is 0 Å². The highest BCUT2D eigenvalue weighted by Gasteiger charge is 2.37. The van der Waals surface area contributed by atoms with E-state index in [2.05, 4.69) is 4.98 Å². The van der Waals surface area contributed by atoms with Crippen molar-refractivity contribution in [1.82, 2.24) is 14.1 Å². The number of pyridine rings is 1. The second-order valence-corrected chi connectivity index (χ2v) is 7.89. The van der Waals surface area contributed by atoms with Crippen LogP contribution in [0.5, 0.6) is 0 Å². The van der Waals surface area contributed by atoms with Crippen LogP contribution in [0.15, 0.2) is 23.3 Å². The third-order valence-electron chi connectivity index (χ3n) is 5.76. The fraction of sp³-hybridized carbons (Fsp3) is 0.350. The Morgan fingerprint density at radius 3 is 2.50 bits per heavy atom. The molecule has 0 radical (unpaired) electrons. The molecule has 0 bridgehead atoms. The quantitative estimate of drug-likeness (QED) is 0.613. The molecule has 7 nitrogen and oxygen atoms in total. The highest BCUT2D eigenvalue weighted by Crippen LogP contribution is 2.40. The third kappa shape index (κ3) is 3.12. The Morgan fingerprint density at radius 2 is 1.88 bits per heavy atom. The summed E-state index contributed by atoms with van der Waals surface area (Å²) < 4.78 is 72.2. The number of rotatable bonds is 3. The molecule has 1 aromatic carbocycles. The molecule has 2 aromatic heterocycles. The first-order chi connectivity index (χ1) is 15.1. The predicted octanol–water partition coefficient (Wildman–Crippen LogP) is 3.55. The normalized spacial score (nSPS) is 16.5. The van der Waals surface area contributed by atoms with Crippen LogP contribution >= 0.6 is 0 Å². The molecule has 3 heterocycles. The fourth-order valence-corrected chi connectivity index (χ4v) is 4.09. The van der Waals surface area contributed by atoms with Crippen LogP contribution in [0.2, 0.25) is 0 Å². The second-order valence-electron chi connectivity index (χ2n) is 7.89. The van der Waals surface area contributed by atoms with Gasteiger partial charge in [-0.25, -0.2) is 18.6 Å². The van der Waals surface area contributed by atoms with Gasteiger partial charge in [0.05, 0.1) is 17.4 Å². The molecule has 1 fully saturated rings. The zero-order chi connectivity index (χ0) is 22.9. The molecule has 5 rings (SSSR count). The lowest BCUT2D eigenvalue weighted by atomic mass is 10.1. The van der Waals surface area contributed by atoms with E-state index in [1.807, 2.05) is 0 Å². The van der Waals surface area contributed by atoms with Crippen molar-refractivity contribution >= 4 is 22.6 Å². The van der Waals surface area contributed by atoms with Crippen LogP contribution < -0.4 is 10.3 Å². The number of carboxylic acids is 1. The molecule has 1 aliphatic carbocycles. The Bertz CT molecular complexity index is 1340. The third-order valence-corrected chi connectivity index (χ3v) is 5.76. The van der Waals surface area contributed by atoms with Gasteiger partial charge in [-0.3, -0.25) is 4.79 Å². The largest absolute Gasteiger partial charge is 0.477 e. The molecule has 1 saturated carbocycles. The van der Waals surface area contributed by atoms with Gasteiger partial charge in [0, 0.05) is 31.5 Å². The highest BCUT2D eigenvalue weighted by atomic mass is 19.4. The van der Waals surface area contributed by atoms with Crippen LogP contribution in [0.4, 0.5) is 27.6 Å². The van der Waals surface area contributed by atoms with E-state index in [9.17, 15) is 27.9 Å². The van der Waals surface area contributed by atoms with E-state index in [1.165, 1.54) is 14.0 Å². The predicted molar refractivity (Wildman–Crippen MR) is 102 cm³/mol. The Morgan fingerprint density at radius 1 is 1.16 bits per heavy atom. The van der Waals surface area contributed by atoms with Crippen LogP contribution in [0.1, 0.15) is 40.8 Å². The molecular weight excluding hydrogens is 439 g/mol. The van der Waals surface area contributed by atoms with Crippen LogP contribution in [0.25, 0.3) is 10.9 Å². The van der Waals surface area contributed by atoms with E-state index in [0.717, 1.165) is 18.5 Å². The van der Waals surface area contributed by atoms with Crippen molar-refractivity contribution in [3.63, 3.8) is 0 Å². The summed E-state index contributed by atoms with van der Waals surface area (Å²) in [7, 11) is 0. The summed E-state index contributed by atoms with van der Waals surface area (Å²) in [6, 6.07) is 0.572. The SMILES string of the molecule is O=C(O)c1cn(C2CC2)c2c(F)c(N3CCn4cc(C(F)(F)F)nc4C3)c(F)cc2c1=O. The number of benzene rings is 1. The number of halogens is 5. The van der Waals surface area contributed by atoms with E-state index < -0.39 is 51.5 Å². The van der Waals surface area contributed by atoms with Gasteiger partial charge in [0.1, 0.15) is 22.9 Å². The molecule has 3 aromatic rings. The maximum Gasteiger partial charge on any atom is 0.434 e. The van der Waals surface area contributed by atoms with Gasteiger partial charge >= 0.3 is 12.1 Å². The monoisotopic (exact) mass is 454 g/mol. The van der Waals surface area contributed by atoms with Crippen LogP contribution in [-0.2, 0) is 19.3 Å². The Labute approximate surface area is 176 Å². The topological polar surface area (TPSA) is 80.4 Å². The Kier molecular flexibility index (Phi) is 4.33. The maximum absolute atomic E-state index is 15.7. The molecule has 0 amide bonds. The minimum atomic E-state index is -4.64. The molecule has 12 heteroatoms. The standard InChI is InChI=1S/C20H15F5N4O3/c21-12-5-10-16(29(9-1-2-9)6-11(18(10)30)19(31)32)15(22)17(12)28-4-3-27-7-13(20(23,24)25)26-14(27)8-28/h5-7,9H,1-4,8H2,(H,31,32). The molecule has 1 aliphatic heterocycles. The van der Waals surface area contributed by atoms with Crippen molar-refractivity contribution < 1.29 is 31.9 Å². The first kappa shape index (κ1) is 20.5. The molecule has 0 spiro atoms. The summed E-state index contributed by atoms with van der Waals surface area (Å²) in [5.41, 5.74) is -3.38. The number of imidazole rings is 1.